The summed E-state index contributed by atoms with van der Waals surface area (Å²) in [7, 11) is 0. The summed E-state index contributed by atoms with van der Waals surface area (Å²) in [5.41, 5.74) is 1.22. The van der Waals surface area contributed by atoms with Gasteiger partial charge in [0.2, 0.25) is 5.91 Å². The average Bonchev–Trinajstić information content (AvgIpc) is 3.73. The molecule has 2 aliphatic carbocycles. The van der Waals surface area contributed by atoms with Crippen LogP contribution in [-0.2, 0) is 14.9 Å². The Labute approximate surface area is 207 Å². The predicted octanol–water partition coefficient (Wildman–Crippen LogP) is 3.92. The average molecular weight is 492 g/mol. The van der Waals surface area contributed by atoms with E-state index in [4.69, 9.17) is 27.9 Å². The summed E-state index contributed by atoms with van der Waals surface area (Å²) < 4.78 is 5.54. The van der Waals surface area contributed by atoms with E-state index in [1.165, 1.54) is 31.5 Å². The molecule has 3 saturated heterocycles. The molecular formula is C26H35Cl2N3O2. The van der Waals surface area contributed by atoms with Crippen LogP contribution in [0.2, 0.25) is 10.0 Å². The molecule has 1 aromatic rings. The lowest BCUT2D eigenvalue weighted by Crippen LogP contribution is -2.51. The Hall–Kier alpha value is -0.850. The fraction of sp³-hybridized carbons (Fsp3) is 0.731. The molecule has 3 atom stereocenters. The van der Waals surface area contributed by atoms with Gasteiger partial charge in [0.1, 0.15) is 0 Å². The summed E-state index contributed by atoms with van der Waals surface area (Å²) >= 11 is 12.7. The number of morpholine rings is 1. The number of carbonyl (C=O) groups is 1. The quantitative estimate of drug-likeness (QED) is 0.579. The molecule has 180 valence electrons. The van der Waals surface area contributed by atoms with Gasteiger partial charge in [-0.2, -0.15) is 0 Å². The largest absolute Gasteiger partial charge is 0.379 e. The second-order valence-corrected chi connectivity index (χ2v) is 11.9. The van der Waals surface area contributed by atoms with Gasteiger partial charge in [-0.3, -0.25) is 9.69 Å². The Kier molecular flexibility index (Phi) is 6.15. The van der Waals surface area contributed by atoms with Gasteiger partial charge in [-0.25, -0.2) is 0 Å². The van der Waals surface area contributed by atoms with Crippen molar-refractivity contribution in [2.75, 3.05) is 59.0 Å². The van der Waals surface area contributed by atoms with Gasteiger partial charge in [-0.15, -0.1) is 0 Å². The lowest BCUT2D eigenvalue weighted by molar-refractivity contribution is -0.136. The molecule has 2 saturated carbocycles. The Bertz CT molecular complexity index is 892. The molecule has 3 aliphatic heterocycles. The molecule has 5 nitrogen and oxygen atoms in total. The number of rotatable bonds is 7. The van der Waals surface area contributed by atoms with E-state index in [1.807, 2.05) is 6.07 Å². The first-order valence-corrected chi connectivity index (χ1v) is 13.6. The van der Waals surface area contributed by atoms with Crippen LogP contribution in [0.15, 0.2) is 18.2 Å². The van der Waals surface area contributed by atoms with E-state index < -0.39 is 0 Å². The second-order valence-electron chi connectivity index (χ2n) is 11.1. The zero-order valence-corrected chi connectivity index (χ0v) is 20.9. The van der Waals surface area contributed by atoms with E-state index in [0.717, 1.165) is 76.7 Å². The van der Waals surface area contributed by atoms with E-state index in [0.29, 0.717) is 28.3 Å². The molecule has 3 heterocycles. The standard InChI is InChI=1S/C26H35Cl2N3O2/c27-22-4-3-19(13-23(22)28)26(6-5-24(32)31(17-26)14-18-1-2-18)7-8-29-15-20-21(16-29)25(20)30-9-11-33-12-10-30/h3-4,13,18,20-21,25H,1-2,5-12,14-17H2. The van der Waals surface area contributed by atoms with Crippen LogP contribution in [-0.4, -0.2) is 85.7 Å². The van der Waals surface area contributed by atoms with Gasteiger partial charge in [0.05, 0.1) is 23.3 Å². The lowest BCUT2D eigenvalue weighted by Gasteiger charge is -2.44. The van der Waals surface area contributed by atoms with Crippen LogP contribution in [0.1, 0.15) is 37.7 Å². The van der Waals surface area contributed by atoms with Gasteiger partial charge < -0.3 is 14.5 Å². The molecule has 33 heavy (non-hydrogen) atoms. The fourth-order valence-corrected chi connectivity index (χ4v) is 7.08. The van der Waals surface area contributed by atoms with Gasteiger partial charge in [0, 0.05) is 57.1 Å². The van der Waals surface area contributed by atoms with Gasteiger partial charge in [0.15, 0.2) is 0 Å². The number of fused-ring (bicyclic) bond motifs is 1. The number of likely N-dealkylation sites (tertiary alicyclic amines) is 2. The van der Waals surface area contributed by atoms with Crippen molar-refractivity contribution in [2.45, 2.75) is 43.6 Å². The van der Waals surface area contributed by atoms with Gasteiger partial charge in [-0.1, -0.05) is 29.3 Å². The van der Waals surface area contributed by atoms with E-state index in [2.05, 4.69) is 26.8 Å². The number of hydrogen-bond acceptors (Lipinski definition) is 4. The van der Waals surface area contributed by atoms with Gasteiger partial charge in [-0.05, 0) is 67.7 Å². The third-order valence-electron chi connectivity index (χ3n) is 8.97. The van der Waals surface area contributed by atoms with Crippen LogP contribution >= 0.6 is 23.2 Å². The van der Waals surface area contributed by atoms with Crippen molar-refractivity contribution in [3.8, 4) is 0 Å². The molecular weight excluding hydrogens is 457 g/mol. The molecule has 3 unspecified atom stereocenters. The molecule has 0 radical (unpaired) electrons. The highest BCUT2D eigenvalue weighted by molar-refractivity contribution is 6.42. The highest BCUT2D eigenvalue weighted by Crippen LogP contribution is 2.50. The summed E-state index contributed by atoms with van der Waals surface area (Å²) in [6.45, 7) is 9.25. The van der Waals surface area contributed by atoms with E-state index in [1.54, 1.807) is 0 Å². The van der Waals surface area contributed by atoms with Crippen molar-refractivity contribution < 1.29 is 9.53 Å². The third-order valence-corrected chi connectivity index (χ3v) is 9.71. The minimum absolute atomic E-state index is 0.0343. The highest BCUT2D eigenvalue weighted by atomic mass is 35.5. The maximum absolute atomic E-state index is 12.7. The first-order chi connectivity index (χ1) is 16.0. The topological polar surface area (TPSA) is 36.0 Å². The summed E-state index contributed by atoms with van der Waals surface area (Å²) in [5.74, 6) is 2.71. The van der Waals surface area contributed by atoms with E-state index in [-0.39, 0.29) is 5.41 Å². The first-order valence-electron chi connectivity index (χ1n) is 12.8. The van der Waals surface area contributed by atoms with Crippen molar-refractivity contribution in [3.05, 3.63) is 33.8 Å². The molecule has 6 rings (SSSR count). The van der Waals surface area contributed by atoms with Crippen LogP contribution in [0.3, 0.4) is 0 Å². The molecule has 0 aromatic heterocycles. The molecule has 1 amide bonds. The Morgan fingerprint density at radius 3 is 2.52 bits per heavy atom. The van der Waals surface area contributed by atoms with E-state index in [9.17, 15) is 4.79 Å². The van der Waals surface area contributed by atoms with Crippen LogP contribution in [0.5, 0.6) is 0 Å². The molecule has 0 bridgehead atoms. The molecule has 0 N–H and O–H groups in total. The zero-order valence-electron chi connectivity index (χ0n) is 19.4. The Morgan fingerprint density at radius 2 is 1.82 bits per heavy atom. The van der Waals surface area contributed by atoms with E-state index >= 15 is 0 Å². The Morgan fingerprint density at radius 1 is 1.06 bits per heavy atom. The number of halogens is 2. The highest BCUT2D eigenvalue weighted by Gasteiger charge is 2.58. The minimum atomic E-state index is -0.0343. The Balaban J connectivity index is 1.14. The number of ether oxygens (including phenoxy) is 1. The maximum Gasteiger partial charge on any atom is 0.222 e. The predicted molar refractivity (Wildman–Crippen MR) is 131 cm³/mol. The van der Waals surface area contributed by atoms with Crippen LogP contribution < -0.4 is 0 Å². The summed E-state index contributed by atoms with van der Waals surface area (Å²) in [6.07, 6.45) is 5.15. The first kappa shape index (κ1) is 22.6. The number of piperidine rings is 2. The smallest absolute Gasteiger partial charge is 0.222 e. The van der Waals surface area contributed by atoms with Crippen molar-refractivity contribution in [3.63, 3.8) is 0 Å². The number of hydrogen-bond donors (Lipinski definition) is 0. The van der Waals surface area contributed by atoms with Crippen LogP contribution in [0.25, 0.3) is 0 Å². The summed E-state index contributed by atoms with van der Waals surface area (Å²) in [5, 5.41) is 1.22. The normalized spacial score (nSPS) is 35.2. The third kappa shape index (κ3) is 4.56. The molecule has 0 spiro atoms. The number of amides is 1. The van der Waals surface area contributed by atoms with Crippen molar-refractivity contribution in [2.24, 2.45) is 17.8 Å². The number of carbonyl (C=O) groups excluding carboxylic acids is 1. The van der Waals surface area contributed by atoms with Crippen molar-refractivity contribution in [1.29, 1.82) is 0 Å². The number of nitrogens with zero attached hydrogens (tertiary/aromatic N) is 3. The van der Waals surface area contributed by atoms with Crippen molar-refractivity contribution in [1.82, 2.24) is 14.7 Å². The zero-order chi connectivity index (χ0) is 22.6. The molecule has 7 heteroatoms. The minimum Gasteiger partial charge on any atom is -0.379 e. The molecule has 5 aliphatic rings. The SMILES string of the molecule is O=C1CCC(CCN2CC3C(C2)C3N2CCOCC2)(c2ccc(Cl)c(Cl)c2)CN1CC1CC1. The fourth-order valence-electron chi connectivity index (χ4n) is 6.78. The molecule has 5 fully saturated rings. The summed E-state index contributed by atoms with van der Waals surface area (Å²) in [6, 6.07) is 6.93. The van der Waals surface area contributed by atoms with Gasteiger partial charge in [0.25, 0.3) is 0 Å². The monoisotopic (exact) mass is 491 g/mol. The van der Waals surface area contributed by atoms with Crippen LogP contribution in [0, 0.1) is 17.8 Å². The summed E-state index contributed by atoms with van der Waals surface area (Å²) in [4.78, 5) is 20.2. The maximum atomic E-state index is 12.7. The number of benzene rings is 1. The lowest BCUT2D eigenvalue weighted by atomic mass is 9.71. The van der Waals surface area contributed by atoms with Gasteiger partial charge >= 0.3 is 0 Å². The molecule has 1 aromatic carbocycles. The van der Waals surface area contributed by atoms with Crippen molar-refractivity contribution >= 4 is 29.1 Å². The van der Waals surface area contributed by atoms with Crippen LogP contribution in [0.4, 0.5) is 0 Å². The second kappa shape index (κ2) is 8.98.